The second-order valence-electron chi connectivity index (χ2n) is 7.07. The molecule has 33 heavy (non-hydrogen) atoms. The number of hydrogen-bond donors (Lipinski definition) is 3. The van der Waals surface area contributed by atoms with E-state index in [0.717, 1.165) is 12.1 Å². The topological polar surface area (TPSA) is 88.7 Å². The number of halogens is 4. The quantitative estimate of drug-likeness (QED) is 0.537. The van der Waals surface area contributed by atoms with Crippen LogP contribution >= 0.6 is 11.6 Å². The lowest BCUT2D eigenvalue weighted by atomic mass is 9.94. The average molecular weight is 484 g/mol. The highest BCUT2D eigenvalue weighted by molar-refractivity contribution is 6.32. The highest BCUT2D eigenvalue weighted by Crippen LogP contribution is 2.40. The van der Waals surface area contributed by atoms with Crippen LogP contribution in [0.25, 0.3) is 0 Å². The lowest BCUT2D eigenvalue weighted by molar-refractivity contribution is -0.137. The summed E-state index contributed by atoms with van der Waals surface area (Å²) < 4.78 is 49.9. The molecule has 3 N–H and O–H groups in total. The molecule has 0 aliphatic carbocycles. The standard InChI is InChI=1S/C22H21ClF3N3O4/c1-4-33-16-9-12(8-15(23)19(16)32-3)18-17(11(2)27-21(31)29-18)20(30)28-14-7-5-6-13(10-14)22(24,25)26/h5-10,18H,4H2,1-3H3,(H,28,30)(H2,27,29,31)/t18-/m0/s1. The summed E-state index contributed by atoms with van der Waals surface area (Å²) in [4.78, 5) is 25.3. The first-order valence-corrected chi connectivity index (χ1v) is 10.2. The molecule has 0 aromatic heterocycles. The number of methoxy groups -OCH3 is 1. The summed E-state index contributed by atoms with van der Waals surface area (Å²) in [7, 11) is 1.42. The van der Waals surface area contributed by atoms with Crippen molar-refractivity contribution in [2.75, 3.05) is 19.0 Å². The van der Waals surface area contributed by atoms with Crippen molar-refractivity contribution in [1.82, 2.24) is 10.6 Å². The number of benzene rings is 2. The van der Waals surface area contributed by atoms with E-state index in [-0.39, 0.29) is 27.7 Å². The first-order valence-electron chi connectivity index (χ1n) is 9.82. The third-order valence-electron chi connectivity index (χ3n) is 4.83. The van der Waals surface area contributed by atoms with Crippen LogP contribution in [-0.2, 0) is 11.0 Å². The van der Waals surface area contributed by atoms with Crippen molar-refractivity contribution in [3.05, 3.63) is 63.8 Å². The van der Waals surface area contributed by atoms with Crippen molar-refractivity contribution in [3.63, 3.8) is 0 Å². The predicted molar refractivity (Wildman–Crippen MR) is 116 cm³/mol. The average Bonchev–Trinajstić information content (AvgIpc) is 2.72. The Morgan fingerprint density at radius 1 is 1.24 bits per heavy atom. The maximum Gasteiger partial charge on any atom is 0.416 e. The number of nitrogens with one attached hydrogen (secondary N) is 3. The highest BCUT2D eigenvalue weighted by atomic mass is 35.5. The van der Waals surface area contributed by atoms with E-state index in [9.17, 15) is 22.8 Å². The third kappa shape index (κ3) is 5.33. The normalized spacial score (nSPS) is 16.1. The molecule has 0 spiro atoms. The van der Waals surface area contributed by atoms with Crippen LogP contribution in [0.3, 0.4) is 0 Å². The minimum atomic E-state index is -4.56. The second-order valence-corrected chi connectivity index (χ2v) is 7.48. The summed E-state index contributed by atoms with van der Waals surface area (Å²) in [5.41, 5.74) is -0.198. The zero-order chi connectivity index (χ0) is 24.3. The molecule has 11 heteroatoms. The summed E-state index contributed by atoms with van der Waals surface area (Å²) in [6, 6.07) is 5.85. The van der Waals surface area contributed by atoms with E-state index in [1.54, 1.807) is 13.0 Å². The van der Waals surface area contributed by atoms with Gasteiger partial charge in [-0.2, -0.15) is 13.2 Å². The monoisotopic (exact) mass is 483 g/mol. The minimum absolute atomic E-state index is 0.0476. The Balaban J connectivity index is 2.00. The SMILES string of the molecule is CCOc1cc([C@@H]2NC(=O)NC(C)=C2C(=O)Nc2cccc(C(F)(F)F)c2)cc(Cl)c1OC. The molecule has 7 nitrogen and oxygen atoms in total. The van der Waals surface area contributed by atoms with Crippen LogP contribution in [0.4, 0.5) is 23.7 Å². The van der Waals surface area contributed by atoms with Crippen molar-refractivity contribution in [2.45, 2.75) is 26.1 Å². The predicted octanol–water partition coefficient (Wildman–Crippen LogP) is 5.03. The van der Waals surface area contributed by atoms with Gasteiger partial charge in [0.15, 0.2) is 11.5 Å². The van der Waals surface area contributed by atoms with Crippen LogP contribution in [0.2, 0.25) is 5.02 Å². The van der Waals surface area contributed by atoms with Crippen molar-refractivity contribution < 1.29 is 32.2 Å². The van der Waals surface area contributed by atoms with Gasteiger partial charge in [-0.3, -0.25) is 4.79 Å². The van der Waals surface area contributed by atoms with Crippen LogP contribution in [-0.4, -0.2) is 25.7 Å². The number of carbonyl (C=O) groups excluding carboxylic acids is 2. The maximum absolute atomic E-state index is 13.1. The molecule has 0 unspecified atom stereocenters. The van der Waals surface area contributed by atoms with Gasteiger partial charge in [0.2, 0.25) is 0 Å². The van der Waals surface area contributed by atoms with Crippen LogP contribution in [0.1, 0.15) is 31.0 Å². The van der Waals surface area contributed by atoms with Crippen LogP contribution in [0.15, 0.2) is 47.7 Å². The maximum atomic E-state index is 13.1. The number of hydrogen-bond acceptors (Lipinski definition) is 4. The zero-order valence-electron chi connectivity index (χ0n) is 17.9. The summed E-state index contributed by atoms with van der Waals surface area (Å²) in [5, 5.41) is 7.82. The Hall–Kier alpha value is -3.40. The van der Waals surface area contributed by atoms with Gasteiger partial charge in [-0.25, -0.2) is 4.79 Å². The summed E-state index contributed by atoms with van der Waals surface area (Å²) >= 11 is 6.32. The number of carbonyl (C=O) groups is 2. The number of alkyl halides is 3. The first kappa shape index (κ1) is 24.2. The first-order chi connectivity index (χ1) is 15.5. The van der Waals surface area contributed by atoms with E-state index in [1.165, 1.54) is 32.2 Å². The van der Waals surface area contributed by atoms with E-state index in [2.05, 4.69) is 16.0 Å². The van der Waals surface area contributed by atoms with Gasteiger partial charge in [-0.05, 0) is 49.7 Å². The summed E-state index contributed by atoms with van der Waals surface area (Å²) in [6.07, 6.45) is -4.56. The smallest absolute Gasteiger partial charge is 0.416 e. The largest absolute Gasteiger partial charge is 0.491 e. The Morgan fingerprint density at radius 2 is 1.97 bits per heavy atom. The molecular weight excluding hydrogens is 463 g/mol. The van der Waals surface area contributed by atoms with Gasteiger partial charge in [0.1, 0.15) is 0 Å². The number of rotatable bonds is 6. The van der Waals surface area contributed by atoms with Gasteiger partial charge in [0, 0.05) is 11.4 Å². The lowest BCUT2D eigenvalue weighted by Gasteiger charge is -2.29. The molecule has 3 rings (SSSR count). The van der Waals surface area contributed by atoms with E-state index < -0.39 is 29.7 Å². The van der Waals surface area contributed by atoms with Crippen molar-refractivity contribution in [3.8, 4) is 11.5 Å². The molecule has 3 amide bonds. The van der Waals surface area contributed by atoms with E-state index in [0.29, 0.717) is 17.9 Å². The van der Waals surface area contributed by atoms with Crippen LogP contribution in [0.5, 0.6) is 11.5 Å². The van der Waals surface area contributed by atoms with E-state index >= 15 is 0 Å². The Bertz CT molecular complexity index is 1120. The Morgan fingerprint density at radius 3 is 2.61 bits per heavy atom. The van der Waals surface area contributed by atoms with Gasteiger partial charge in [-0.15, -0.1) is 0 Å². The number of amides is 3. The molecule has 2 aromatic carbocycles. The molecule has 0 radical (unpaired) electrons. The van der Waals surface area contributed by atoms with Gasteiger partial charge in [-0.1, -0.05) is 17.7 Å². The van der Waals surface area contributed by atoms with Crippen LogP contribution in [0, 0.1) is 0 Å². The van der Waals surface area contributed by atoms with Crippen molar-refractivity contribution in [2.24, 2.45) is 0 Å². The molecule has 1 aliphatic heterocycles. The summed E-state index contributed by atoms with van der Waals surface area (Å²) in [5.74, 6) is -0.0991. The van der Waals surface area contributed by atoms with Gasteiger partial charge >= 0.3 is 12.2 Å². The highest BCUT2D eigenvalue weighted by Gasteiger charge is 2.33. The fourth-order valence-electron chi connectivity index (χ4n) is 3.43. The Labute approximate surface area is 192 Å². The van der Waals surface area contributed by atoms with Crippen molar-refractivity contribution in [1.29, 1.82) is 0 Å². The molecule has 1 atom stereocenters. The molecule has 0 saturated heterocycles. The van der Waals surface area contributed by atoms with Gasteiger partial charge < -0.3 is 25.4 Å². The molecule has 176 valence electrons. The number of anilines is 1. The fraction of sp³-hybridized carbons (Fsp3) is 0.273. The van der Waals surface area contributed by atoms with Crippen LogP contribution < -0.4 is 25.4 Å². The molecule has 1 heterocycles. The van der Waals surface area contributed by atoms with E-state index in [1.807, 2.05) is 0 Å². The summed E-state index contributed by atoms with van der Waals surface area (Å²) in [6.45, 7) is 3.60. The van der Waals surface area contributed by atoms with Gasteiger partial charge in [0.05, 0.1) is 35.9 Å². The van der Waals surface area contributed by atoms with E-state index in [4.69, 9.17) is 21.1 Å². The molecule has 0 bridgehead atoms. The zero-order valence-corrected chi connectivity index (χ0v) is 18.6. The number of allylic oxidation sites excluding steroid dienone is 1. The number of ether oxygens (including phenoxy) is 2. The second kappa shape index (κ2) is 9.62. The molecule has 0 fully saturated rings. The Kier molecular flexibility index (Phi) is 7.06. The third-order valence-corrected chi connectivity index (χ3v) is 5.11. The minimum Gasteiger partial charge on any atom is -0.491 e. The fourth-order valence-corrected chi connectivity index (χ4v) is 3.73. The lowest BCUT2D eigenvalue weighted by Crippen LogP contribution is -2.46. The van der Waals surface area contributed by atoms with Gasteiger partial charge in [0.25, 0.3) is 5.91 Å². The molecule has 0 saturated carbocycles. The van der Waals surface area contributed by atoms with Crippen molar-refractivity contribution >= 4 is 29.2 Å². The molecule has 2 aromatic rings. The molecule has 1 aliphatic rings. The molecular formula is C22H21ClF3N3O4. The number of urea groups is 1.